The average molecular weight is 444 g/mol. The topological polar surface area (TPSA) is 93.0 Å². The van der Waals surface area contributed by atoms with Gasteiger partial charge >= 0.3 is 0 Å². The lowest BCUT2D eigenvalue weighted by atomic mass is 10.2. The highest BCUT2D eigenvalue weighted by Gasteiger charge is 2.22. The van der Waals surface area contributed by atoms with Crippen molar-refractivity contribution in [2.45, 2.75) is 6.54 Å². The summed E-state index contributed by atoms with van der Waals surface area (Å²) in [6.07, 6.45) is 5.14. The summed E-state index contributed by atoms with van der Waals surface area (Å²) in [7, 11) is 3.51. The molecule has 5 rings (SSSR count). The first-order valence-corrected chi connectivity index (χ1v) is 10.2. The van der Waals surface area contributed by atoms with Crippen LogP contribution in [0.15, 0.2) is 67.1 Å². The molecule has 0 atom stereocenters. The maximum atomic E-state index is 14.5. The number of nitrogens with zero attached hydrogens (tertiary/aromatic N) is 5. The van der Waals surface area contributed by atoms with Crippen LogP contribution in [0.3, 0.4) is 0 Å². The number of fused-ring (bicyclic) bond motifs is 1. The Labute approximate surface area is 189 Å². The van der Waals surface area contributed by atoms with Crippen LogP contribution in [0.4, 0.5) is 10.1 Å². The molecule has 0 spiro atoms. The van der Waals surface area contributed by atoms with E-state index in [0.29, 0.717) is 40.5 Å². The third-order valence-corrected chi connectivity index (χ3v) is 5.29. The molecule has 0 radical (unpaired) electrons. The number of methoxy groups -OCH3 is 1. The summed E-state index contributed by atoms with van der Waals surface area (Å²) >= 11 is 0. The fourth-order valence-corrected chi connectivity index (χ4v) is 3.64. The van der Waals surface area contributed by atoms with Crippen molar-refractivity contribution in [1.82, 2.24) is 24.3 Å². The lowest BCUT2D eigenvalue weighted by Crippen LogP contribution is -2.03. The molecular weight excluding hydrogens is 423 g/mol. The zero-order valence-electron chi connectivity index (χ0n) is 18.1. The molecule has 0 fully saturated rings. The number of hydrogen-bond acceptors (Lipinski definition) is 6. The fraction of sp³-hybridized carbons (Fsp3) is 0.125. The summed E-state index contributed by atoms with van der Waals surface area (Å²) in [6.45, 7) is 0.470. The molecule has 0 aliphatic rings. The molecule has 33 heavy (non-hydrogen) atoms. The first kappa shape index (κ1) is 20.5. The van der Waals surface area contributed by atoms with Gasteiger partial charge < -0.3 is 19.8 Å². The molecule has 0 saturated carbocycles. The van der Waals surface area contributed by atoms with E-state index >= 15 is 0 Å². The minimum absolute atomic E-state index is 0.0606. The van der Waals surface area contributed by atoms with Crippen LogP contribution in [0, 0.1) is 5.82 Å². The van der Waals surface area contributed by atoms with E-state index < -0.39 is 5.82 Å². The number of hydrogen-bond donors (Lipinski definition) is 1. The van der Waals surface area contributed by atoms with Gasteiger partial charge in [-0.05, 0) is 35.9 Å². The predicted molar refractivity (Wildman–Crippen MR) is 123 cm³/mol. The van der Waals surface area contributed by atoms with Gasteiger partial charge in [-0.3, -0.25) is 0 Å². The molecule has 3 aromatic heterocycles. The zero-order valence-corrected chi connectivity index (χ0v) is 18.1. The highest BCUT2D eigenvalue weighted by atomic mass is 19.1. The Hall–Kier alpha value is -4.40. The molecule has 9 heteroatoms. The van der Waals surface area contributed by atoms with E-state index in [1.165, 1.54) is 12.1 Å². The number of benzene rings is 2. The number of rotatable bonds is 6. The minimum atomic E-state index is -0.552. The predicted octanol–water partition coefficient (Wildman–Crippen LogP) is 4.40. The Morgan fingerprint density at radius 1 is 1.00 bits per heavy atom. The second-order valence-electron chi connectivity index (χ2n) is 7.52. The number of halogens is 1. The molecule has 5 aromatic rings. The Balaban J connectivity index is 1.65. The smallest absolute Gasteiger partial charge is 0.167 e. The van der Waals surface area contributed by atoms with E-state index in [1.807, 2.05) is 42.1 Å². The largest absolute Gasteiger partial charge is 0.497 e. The first-order chi connectivity index (χ1) is 16.0. The van der Waals surface area contributed by atoms with Gasteiger partial charge in [0.1, 0.15) is 17.2 Å². The average Bonchev–Trinajstić information content (AvgIpc) is 3.40. The van der Waals surface area contributed by atoms with Gasteiger partial charge in [-0.15, -0.1) is 0 Å². The lowest BCUT2D eigenvalue weighted by molar-refractivity contribution is 0.414. The molecule has 2 aromatic carbocycles. The molecule has 0 aliphatic carbocycles. The Morgan fingerprint density at radius 3 is 2.52 bits per heavy atom. The van der Waals surface area contributed by atoms with Gasteiger partial charge in [0.25, 0.3) is 0 Å². The number of anilines is 1. The van der Waals surface area contributed by atoms with Gasteiger partial charge in [0.05, 0.1) is 19.0 Å². The number of ether oxygens (including phenoxy) is 2. The summed E-state index contributed by atoms with van der Waals surface area (Å²) in [4.78, 5) is 9.01. The van der Waals surface area contributed by atoms with Crippen LogP contribution >= 0.6 is 0 Å². The standard InChI is InChI=1S/C24H21FN6O2/c1-30-12-11-28-24(30)22-21-20(33-19-8-5-16(26)13-18(19)25)9-10-27-23(21)31(29-22)14-15-3-6-17(32-2)7-4-15/h3-13H,14,26H2,1-2H3. The zero-order chi connectivity index (χ0) is 22.9. The van der Waals surface area contributed by atoms with Gasteiger partial charge in [0, 0.05) is 37.4 Å². The van der Waals surface area contributed by atoms with E-state index in [9.17, 15) is 4.39 Å². The van der Waals surface area contributed by atoms with E-state index in [2.05, 4.69) is 9.97 Å². The molecule has 0 aliphatic heterocycles. The Morgan fingerprint density at radius 2 is 1.82 bits per heavy atom. The first-order valence-electron chi connectivity index (χ1n) is 10.2. The van der Waals surface area contributed by atoms with Crippen LogP contribution < -0.4 is 15.2 Å². The molecule has 8 nitrogen and oxygen atoms in total. The van der Waals surface area contributed by atoms with Crippen molar-refractivity contribution in [3.8, 4) is 28.8 Å². The van der Waals surface area contributed by atoms with Crippen LogP contribution in [0.25, 0.3) is 22.6 Å². The van der Waals surface area contributed by atoms with Crippen LogP contribution in [0.2, 0.25) is 0 Å². The molecule has 0 amide bonds. The summed E-state index contributed by atoms with van der Waals surface area (Å²) in [5.74, 6) is 1.35. The number of aryl methyl sites for hydroxylation is 1. The van der Waals surface area contributed by atoms with Crippen LogP contribution in [0.5, 0.6) is 17.2 Å². The van der Waals surface area contributed by atoms with E-state index in [0.717, 1.165) is 11.3 Å². The number of aromatic nitrogens is 5. The van der Waals surface area contributed by atoms with E-state index in [1.54, 1.807) is 36.3 Å². The van der Waals surface area contributed by atoms with Crippen LogP contribution in [-0.2, 0) is 13.6 Å². The van der Waals surface area contributed by atoms with Gasteiger partial charge in [0.2, 0.25) is 0 Å². The van der Waals surface area contributed by atoms with Crippen molar-refractivity contribution < 1.29 is 13.9 Å². The highest BCUT2D eigenvalue weighted by molar-refractivity contribution is 5.94. The van der Waals surface area contributed by atoms with E-state index in [4.69, 9.17) is 20.3 Å². The molecule has 2 N–H and O–H groups in total. The van der Waals surface area contributed by atoms with Crippen molar-refractivity contribution in [3.63, 3.8) is 0 Å². The molecule has 3 heterocycles. The Bertz CT molecular complexity index is 1440. The van der Waals surface area contributed by atoms with Gasteiger partial charge in [0.15, 0.2) is 23.0 Å². The molecule has 166 valence electrons. The third kappa shape index (κ3) is 3.84. The summed E-state index contributed by atoms with van der Waals surface area (Å²) in [5.41, 5.74) is 8.19. The normalized spacial score (nSPS) is 11.1. The van der Waals surface area contributed by atoms with Crippen molar-refractivity contribution in [3.05, 3.63) is 78.5 Å². The summed E-state index contributed by atoms with van der Waals surface area (Å²) in [6, 6.07) is 13.7. The number of pyridine rings is 1. The molecular formula is C24H21FN6O2. The maximum absolute atomic E-state index is 14.5. The second kappa shape index (κ2) is 8.27. The summed E-state index contributed by atoms with van der Waals surface area (Å²) in [5, 5.41) is 5.45. The monoisotopic (exact) mass is 444 g/mol. The van der Waals surface area contributed by atoms with Crippen LogP contribution in [-0.4, -0.2) is 31.4 Å². The number of nitrogens with two attached hydrogens (primary N) is 1. The van der Waals surface area contributed by atoms with E-state index in [-0.39, 0.29) is 5.75 Å². The van der Waals surface area contributed by atoms with Gasteiger partial charge in [-0.2, -0.15) is 5.10 Å². The maximum Gasteiger partial charge on any atom is 0.167 e. The van der Waals surface area contributed by atoms with Crippen molar-refractivity contribution in [1.29, 1.82) is 0 Å². The molecule has 0 saturated heterocycles. The van der Waals surface area contributed by atoms with Crippen molar-refractivity contribution in [2.75, 3.05) is 12.8 Å². The van der Waals surface area contributed by atoms with Crippen LogP contribution in [0.1, 0.15) is 5.56 Å². The van der Waals surface area contributed by atoms with Crippen molar-refractivity contribution in [2.24, 2.45) is 7.05 Å². The lowest BCUT2D eigenvalue weighted by Gasteiger charge is -2.09. The summed E-state index contributed by atoms with van der Waals surface area (Å²) < 4.78 is 29.3. The number of nitrogen functional groups attached to an aromatic ring is 1. The molecule has 0 unspecified atom stereocenters. The van der Waals surface area contributed by atoms with Crippen molar-refractivity contribution >= 4 is 16.7 Å². The fourth-order valence-electron chi connectivity index (χ4n) is 3.64. The number of imidazole rings is 1. The second-order valence-corrected chi connectivity index (χ2v) is 7.52. The van der Waals surface area contributed by atoms with Gasteiger partial charge in [-0.25, -0.2) is 19.0 Å². The SMILES string of the molecule is COc1ccc(Cn2nc(-c3nccn3C)c3c(Oc4ccc(N)cc4F)ccnc32)cc1. The Kier molecular flexibility index (Phi) is 5.14. The quantitative estimate of drug-likeness (QED) is 0.390. The molecule has 0 bridgehead atoms. The minimum Gasteiger partial charge on any atom is -0.497 e. The third-order valence-electron chi connectivity index (χ3n) is 5.29. The van der Waals surface area contributed by atoms with Gasteiger partial charge in [-0.1, -0.05) is 12.1 Å². The highest BCUT2D eigenvalue weighted by Crippen LogP contribution is 2.36.